The molecular weight excluding hydrogens is 464 g/mol. The van der Waals surface area contributed by atoms with E-state index in [0.717, 1.165) is 52.9 Å². The van der Waals surface area contributed by atoms with Gasteiger partial charge >= 0.3 is 6.09 Å². The largest absolute Gasteiger partial charge is 0.444 e. The first kappa shape index (κ1) is 24.6. The summed E-state index contributed by atoms with van der Waals surface area (Å²) < 4.78 is 7.47. The van der Waals surface area contributed by atoms with Gasteiger partial charge in [-0.15, -0.1) is 0 Å². The summed E-state index contributed by atoms with van der Waals surface area (Å²) in [7, 11) is 0. The summed E-state index contributed by atoms with van der Waals surface area (Å²) in [5, 5.41) is 3.11. The lowest BCUT2D eigenvalue weighted by Crippen LogP contribution is -2.52. The second-order valence-electron chi connectivity index (χ2n) is 10.8. The van der Waals surface area contributed by atoms with Gasteiger partial charge in [-0.25, -0.2) is 9.78 Å². The van der Waals surface area contributed by atoms with Gasteiger partial charge < -0.3 is 15.8 Å². The molecule has 7 nitrogen and oxygen atoms in total. The minimum absolute atomic E-state index is 0.384. The van der Waals surface area contributed by atoms with Crippen molar-refractivity contribution < 1.29 is 14.3 Å². The van der Waals surface area contributed by atoms with Crippen LogP contribution < -0.4 is 11.1 Å². The number of ether oxygens (including phenoxy) is 1. The number of nitrogens with two attached hydrogens (primary N) is 1. The Morgan fingerprint density at radius 2 is 1.70 bits per heavy atom. The molecule has 2 amide bonds. The highest BCUT2D eigenvalue weighted by Crippen LogP contribution is 2.42. The van der Waals surface area contributed by atoms with Gasteiger partial charge in [-0.05, 0) is 64.2 Å². The van der Waals surface area contributed by atoms with Crippen LogP contribution in [-0.4, -0.2) is 27.0 Å². The minimum Gasteiger partial charge on any atom is -0.444 e. The lowest BCUT2D eigenvalue weighted by Gasteiger charge is -2.43. The van der Waals surface area contributed by atoms with Crippen molar-refractivity contribution in [1.29, 1.82) is 0 Å². The molecule has 1 aliphatic carbocycles. The minimum atomic E-state index is -0.558. The number of benzene rings is 2. The van der Waals surface area contributed by atoms with E-state index in [1.165, 1.54) is 0 Å². The van der Waals surface area contributed by atoms with Crippen LogP contribution in [0.15, 0.2) is 66.9 Å². The summed E-state index contributed by atoms with van der Waals surface area (Å²) in [5.74, 6) is -0.514. The number of hydrogen-bond acceptors (Lipinski definition) is 4. The first-order valence-electron chi connectivity index (χ1n) is 12.6. The van der Waals surface area contributed by atoms with E-state index in [-0.39, 0.29) is 0 Å². The predicted molar refractivity (Wildman–Crippen MR) is 144 cm³/mol. The summed E-state index contributed by atoms with van der Waals surface area (Å²) in [4.78, 5) is 29.7. The summed E-state index contributed by atoms with van der Waals surface area (Å²) in [5.41, 5.74) is 11.1. The lowest BCUT2D eigenvalue weighted by molar-refractivity contribution is 0.0377. The highest BCUT2D eigenvalue weighted by atomic mass is 16.6. The number of amides is 2. The van der Waals surface area contributed by atoms with Crippen molar-refractivity contribution in [1.82, 2.24) is 14.7 Å². The van der Waals surface area contributed by atoms with E-state index in [2.05, 4.69) is 5.32 Å². The summed E-state index contributed by atoms with van der Waals surface area (Å²) in [6.07, 6.45) is 4.32. The molecular formula is C30H32N4O3. The molecule has 2 aromatic heterocycles. The number of aromatic nitrogens is 2. The van der Waals surface area contributed by atoms with E-state index in [1.54, 1.807) is 6.07 Å². The Morgan fingerprint density at radius 1 is 1.03 bits per heavy atom. The molecule has 0 spiro atoms. The topological polar surface area (TPSA) is 98.7 Å². The Hall–Kier alpha value is -4.13. The van der Waals surface area contributed by atoms with Gasteiger partial charge in [0.25, 0.3) is 5.91 Å². The number of pyridine rings is 1. The molecule has 2 aromatic carbocycles. The van der Waals surface area contributed by atoms with Gasteiger partial charge in [-0.3, -0.25) is 9.20 Å². The number of imidazole rings is 1. The van der Waals surface area contributed by atoms with Crippen LogP contribution in [0.1, 0.15) is 61.5 Å². The molecule has 2 heterocycles. The number of fused-ring (bicyclic) bond motifs is 1. The van der Waals surface area contributed by atoms with E-state index < -0.39 is 23.1 Å². The standard InChI is InChI=1S/C30H32N4O3/c1-19-17-23(26(31)35)27-32-24(25(34(27)18-19)21-9-6-5-7-10-21)20-11-13-22(14-12-20)30(15-8-16-30)33-28(36)37-29(2,3)4/h5-7,9-14,17-18H,8,15-16H2,1-4H3,(H2,31,35)(H,33,36). The molecule has 0 unspecified atom stereocenters. The maximum atomic E-state index is 12.6. The number of nitrogens with zero attached hydrogens (tertiary/aromatic N) is 2. The number of aryl methyl sites for hydroxylation is 1. The number of primary amides is 1. The first-order chi connectivity index (χ1) is 17.6. The predicted octanol–water partition coefficient (Wildman–Crippen LogP) is 5.98. The second kappa shape index (κ2) is 9.07. The van der Waals surface area contributed by atoms with E-state index in [9.17, 15) is 9.59 Å². The van der Waals surface area contributed by atoms with Gasteiger partial charge in [0.15, 0.2) is 5.65 Å². The van der Waals surface area contributed by atoms with Crippen molar-refractivity contribution in [3.63, 3.8) is 0 Å². The maximum absolute atomic E-state index is 12.6. The summed E-state index contributed by atoms with van der Waals surface area (Å²) >= 11 is 0. The zero-order valence-electron chi connectivity index (χ0n) is 21.7. The highest BCUT2D eigenvalue weighted by molar-refractivity contribution is 6.00. The van der Waals surface area contributed by atoms with E-state index >= 15 is 0 Å². The smallest absolute Gasteiger partial charge is 0.408 e. The first-order valence-corrected chi connectivity index (χ1v) is 12.6. The average molecular weight is 497 g/mol. The number of carbonyl (C=O) groups is 2. The Kier molecular flexibility index (Phi) is 6.02. The van der Waals surface area contributed by atoms with Gasteiger partial charge in [0.05, 0.1) is 22.5 Å². The Balaban J connectivity index is 1.58. The van der Waals surface area contributed by atoms with Crippen molar-refractivity contribution in [2.45, 2.75) is 58.1 Å². The SMILES string of the molecule is Cc1cc(C(N)=O)c2nc(-c3ccc(C4(NC(=O)OC(C)(C)C)CCC4)cc3)c(-c3ccccc3)n2c1. The maximum Gasteiger partial charge on any atom is 0.408 e. The molecule has 4 aromatic rings. The molecule has 7 heteroatoms. The third-order valence-corrected chi connectivity index (χ3v) is 6.83. The molecule has 0 aliphatic heterocycles. The van der Waals surface area contributed by atoms with Crippen molar-refractivity contribution in [3.05, 3.63) is 83.6 Å². The molecule has 0 atom stereocenters. The molecule has 0 radical (unpaired) electrons. The number of nitrogens with one attached hydrogen (secondary N) is 1. The monoisotopic (exact) mass is 496 g/mol. The fourth-order valence-corrected chi connectivity index (χ4v) is 5.00. The molecule has 0 bridgehead atoms. The molecule has 1 saturated carbocycles. The fourth-order valence-electron chi connectivity index (χ4n) is 5.00. The third kappa shape index (κ3) is 4.69. The van der Waals surface area contributed by atoms with Crippen LogP contribution in [0.2, 0.25) is 0 Å². The van der Waals surface area contributed by atoms with E-state index in [4.69, 9.17) is 15.5 Å². The summed E-state index contributed by atoms with van der Waals surface area (Å²) in [6.45, 7) is 7.52. The van der Waals surface area contributed by atoms with Crippen LogP contribution in [-0.2, 0) is 10.3 Å². The van der Waals surface area contributed by atoms with Crippen LogP contribution in [0.25, 0.3) is 28.2 Å². The Bertz CT molecular complexity index is 1480. The quantitative estimate of drug-likeness (QED) is 0.355. The zero-order valence-corrected chi connectivity index (χ0v) is 21.7. The normalized spacial score (nSPS) is 14.7. The number of carbonyl (C=O) groups excluding carboxylic acids is 2. The van der Waals surface area contributed by atoms with Gasteiger partial charge in [-0.1, -0.05) is 54.6 Å². The van der Waals surface area contributed by atoms with Crippen LogP contribution in [0, 0.1) is 6.92 Å². The van der Waals surface area contributed by atoms with Gasteiger partial charge in [-0.2, -0.15) is 0 Å². The average Bonchev–Trinajstić information content (AvgIpc) is 3.19. The Labute approximate surface area is 216 Å². The van der Waals surface area contributed by atoms with E-state index in [0.29, 0.717) is 11.2 Å². The fraction of sp³-hybridized carbons (Fsp3) is 0.300. The van der Waals surface area contributed by atoms with Crippen molar-refractivity contribution in [2.24, 2.45) is 5.73 Å². The van der Waals surface area contributed by atoms with Gasteiger partial charge in [0.2, 0.25) is 0 Å². The number of rotatable bonds is 5. The van der Waals surface area contributed by atoms with Crippen LogP contribution in [0.5, 0.6) is 0 Å². The number of alkyl carbamates (subject to hydrolysis) is 1. The van der Waals surface area contributed by atoms with Gasteiger partial charge in [0, 0.05) is 17.3 Å². The molecule has 3 N–H and O–H groups in total. The van der Waals surface area contributed by atoms with E-state index in [1.807, 2.05) is 92.9 Å². The lowest BCUT2D eigenvalue weighted by atomic mass is 9.71. The van der Waals surface area contributed by atoms with Gasteiger partial charge in [0.1, 0.15) is 5.60 Å². The molecule has 5 rings (SSSR count). The van der Waals surface area contributed by atoms with Crippen LogP contribution in [0.4, 0.5) is 4.79 Å². The summed E-state index contributed by atoms with van der Waals surface area (Å²) in [6, 6.07) is 19.9. The Morgan fingerprint density at radius 3 is 2.27 bits per heavy atom. The molecule has 0 saturated heterocycles. The molecule has 1 fully saturated rings. The van der Waals surface area contributed by atoms with Crippen molar-refractivity contribution >= 4 is 17.6 Å². The molecule has 37 heavy (non-hydrogen) atoms. The van der Waals surface area contributed by atoms with Crippen molar-refractivity contribution in [2.75, 3.05) is 0 Å². The van der Waals surface area contributed by atoms with Crippen LogP contribution >= 0.6 is 0 Å². The molecule has 1 aliphatic rings. The zero-order chi connectivity index (χ0) is 26.4. The number of hydrogen-bond donors (Lipinski definition) is 2. The molecule has 190 valence electrons. The highest BCUT2D eigenvalue weighted by Gasteiger charge is 2.41. The van der Waals surface area contributed by atoms with Crippen molar-refractivity contribution in [3.8, 4) is 22.5 Å². The second-order valence-corrected chi connectivity index (χ2v) is 10.8. The third-order valence-electron chi connectivity index (χ3n) is 6.83. The van der Waals surface area contributed by atoms with Crippen LogP contribution in [0.3, 0.4) is 0 Å².